The minimum atomic E-state index is 0.993. The third-order valence-electron chi connectivity index (χ3n) is 5.06. The van der Waals surface area contributed by atoms with Gasteiger partial charge in [-0.3, -0.25) is 4.90 Å². The molecule has 3 atom stereocenters. The topological polar surface area (TPSA) is 3.24 Å². The maximum absolute atomic E-state index is 2.68. The van der Waals surface area contributed by atoms with Crippen LogP contribution >= 0.6 is 0 Å². The number of benzene rings is 1. The molecule has 0 amide bonds. The van der Waals surface area contributed by atoms with E-state index in [1.54, 1.807) is 0 Å². The zero-order chi connectivity index (χ0) is 12.4. The zero-order valence-electron chi connectivity index (χ0n) is 11.5. The van der Waals surface area contributed by atoms with Crippen molar-refractivity contribution in [2.45, 2.75) is 39.2 Å². The van der Waals surface area contributed by atoms with Gasteiger partial charge in [0, 0.05) is 19.6 Å². The van der Waals surface area contributed by atoms with Crippen molar-refractivity contribution in [3.63, 3.8) is 0 Å². The monoisotopic (exact) mass is 243 g/mol. The van der Waals surface area contributed by atoms with E-state index in [1.165, 1.54) is 44.3 Å². The lowest BCUT2D eigenvalue weighted by Gasteiger charge is -2.30. The number of fused-ring (bicyclic) bond motifs is 1. The Kier molecular flexibility index (Phi) is 3.69. The Morgan fingerprint density at radius 3 is 2.61 bits per heavy atom. The van der Waals surface area contributed by atoms with Crippen molar-refractivity contribution in [3.8, 4) is 0 Å². The van der Waals surface area contributed by atoms with Crippen LogP contribution in [0.5, 0.6) is 0 Å². The van der Waals surface area contributed by atoms with Gasteiger partial charge in [-0.15, -0.1) is 0 Å². The van der Waals surface area contributed by atoms with Crippen molar-refractivity contribution in [2.24, 2.45) is 17.8 Å². The lowest BCUT2D eigenvalue weighted by Crippen LogP contribution is -2.23. The van der Waals surface area contributed by atoms with E-state index >= 15 is 0 Å². The Morgan fingerprint density at radius 1 is 1.06 bits per heavy atom. The highest BCUT2D eigenvalue weighted by molar-refractivity contribution is 5.14. The average Bonchev–Trinajstić information content (AvgIpc) is 2.80. The molecular weight excluding hydrogens is 218 g/mol. The smallest absolute Gasteiger partial charge is 0.0233 e. The van der Waals surface area contributed by atoms with Gasteiger partial charge < -0.3 is 0 Å². The minimum Gasteiger partial charge on any atom is -0.299 e. The average molecular weight is 243 g/mol. The van der Waals surface area contributed by atoms with Crippen LogP contribution in [0.1, 0.15) is 38.2 Å². The normalized spacial score (nSPS) is 32.4. The van der Waals surface area contributed by atoms with Crippen molar-refractivity contribution >= 4 is 0 Å². The summed E-state index contributed by atoms with van der Waals surface area (Å²) < 4.78 is 0. The molecule has 18 heavy (non-hydrogen) atoms. The first kappa shape index (κ1) is 12.2. The summed E-state index contributed by atoms with van der Waals surface area (Å²) in [6.45, 7) is 6.21. The van der Waals surface area contributed by atoms with Gasteiger partial charge >= 0.3 is 0 Å². The molecule has 0 aromatic heterocycles. The summed E-state index contributed by atoms with van der Waals surface area (Å²) in [6.07, 6.45) is 5.85. The van der Waals surface area contributed by atoms with Gasteiger partial charge in [-0.2, -0.15) is 0 Å². The van der Waals surface area contributed by atoms with Crippen LogP contribution in [0.3, 0.4) is 0 Å². The molecule has 1 saturated heterocycles. The van der Waals surface area contributed by atoms with Gasteiger partial charge in [-0.25, -0.2) is 0 Å². The van der Waals surface area contributed by atoms with Crippen LogP contribution in [-0.4, -0.2) is 18.0 Å². The van der Waals surface area contributed by atoms with E-state index in [9.17, 15) is 0 Å². The predicted molar refractivity (Wildman–Crippen MR) is 76.3 cm³/mol. The first-order valence-electron chi connectivity index (χ1n) is 7.61. The predicted octanol–water partition coefficient (Wildman–Crippen LogP) is 3.94. The van der Waals surface area contributed by atoms with E-state index in [1.807, 2.05) is 0 Å². The van der Waals surface area contributed by atoms with E-state index in [0.717, 1.165) is 24.3 Å². The third kappa shape index (κ3) is 2.61. The van der Waals surface area contributed by atoms with E-state index in [2.05, 4.69) is 42.2 Å². The fourth-order valence-corrected chi connectivity index (χ4v) is 3.97. The van der Waals surface area contributed by atoms with Crippen molar-refractivity contribution < 1.29 is 0 Å². The van der Waals surface area contributed by atoms with Crippen molar-refractivity contribution in [2.75, 3.05) is 13.1 Å². The molecule has 1 saturated carbocycles. The summed E-state index contributed by atoms with van der Waals surface area (Å²) in [5.74, 6) is 3.01. The Balaban J connectivity index is 1.58. The van der Waals surface area contributed by atoms with Crippen molar-refractivity contribution in [1.82, 2.24) is 4.90 Å². The fourth-order valence-electron chi connectivity index (χ4n) is 3.97. The number of nitrogens with zero attached hydrogens (tertiary/aromatic N) is 1. The van der Waals surface area contributed by atoms with Gasteiger partial charge in [0.25, 0.3) is 0 Å². The Labute approximate surface area is 111 Å². The number of likely N-dealkylation sites (tertiary alicyclic amines) is 1. The number of hydrogen-bond donors (Lipinski definition) is 0. The molecule has 1 heteroatoms. The van der Waals surface area contributed by atoms with Crippen LogP contribution in [0.2, 0.25) is 0 Å². The molecule has 0 radical (unpaired) electrons. The van der Waals surface area contributed by atoms with E-state index in [-0.39, 0.29) is 0 Å². The van der Waals surface area contributed by atoms with Crippen LogP contribution in [0, 0.1) is 17.8 Å². The summed E-state index contributed by atoms with van der Waals surface area (Å²) in [5.41, 5.74) is 1.48. The van der Waals surface area contributed by atoms with E-state index < -0.39 is 0 Å². The molecule has 0 spiro atoms. The maximum atomic E-state index is 2.68. The molecule has 1 aliphatic carbocycles. The van der Waals surface area contributed by atoms with Gasteiger partial charge in [-0.1, -0.05) is 50.1 Å². The van der Waals surface area contributed by atoms with E-state index in [0.29, 0.717) is 0 Å². The van der Waals surface area contributed by atoms with Crippen LogP contribution < -0.4 is 0 Å². The number of hydrogen-bond acceptors (Lipinski definition) is 1. The highest BCUT2D eigenvalue weighted by Crippen LogP contribution is 2.40. The quantitative estimate of drug-likeness (QED) is 0.777. The second kappa shape index (κ2) is 5.44. The molecule has 2 aliphatic rings. The first-order valence-corrected chi connectivity index (χ1v) is 7.61. The Hall–Kier alpha value is -0.820. The summed E-state index contributed by atoms with van der Waals surface area (Å²) in [5, 5.41) is 0. The third-order valence-corrected chi connectivity index (χ3v) is 5.06. The standard InChI is InChI=1S/C17H25N/c1-2-14-8-9-16-12-18(13-17(16)10-14)11-15-6-4-3-5-7-15/h3-7,14,16-17H,2,8-13H2,1H3/t14?,16-,17+/m0/s1. The Bertz CT molecular complexity index is 372. The molecule has 1 unspecified atom stereocenters. The zero-order valence-corrected chi connectivity index (χ0v) is 11.5. The van der Waals surface area contributed by atoms with Gasteiger partial charge in [0.05, 0.1) is 0 Å². The van der Waals surface area contributed by atoms with Crippen LogP contribution in [-0.2, 0) is 6.54 Å². The molecule has 2 fully saturated rings. The molecule has 0 N–H and O–H groups in total. The molecule has 98 valence electrons. The molecule has 1 aromatic carbocycles. The largest absolute Gasteiger partial charge is 0.299 e. The number of rotatable bonds is 3. The molecular formula is C17H25N. The summed E-state index contributed by atoms with van der Waals surface area (Å²) in [4.78, 5) is 2.68. The minimum absolute atomic E-state index is 0.993. The molecule has 1 aliphatic heterocycles. The first-order chi connectivity index (χ1) is 8.85. The maximum Gasteiger partial charge on any atom is 0.0233 e. The lowest BCUT2D eigenvalue weighted by atomic mass is 9.75. The highest BCUT2D eigenvalue weighted by atomic mass is 15.2. The van der Waals surface area contributed by atoms with Crippen molar-refractivity contribution in [1.29, 1.82) is 0 Å². The van der Waals surface area contributed by atoms with Crippen molar-refractivity contribution in [3.05, 3.63) is 35.9 Å². The van der Waals surface area contributed by atoms with Gasteiger partial charge in [-0.05, 0) is 36.2 Å². The molecule has 1 nitrogen and oxygen atoms in total. The second-order valence-corrected chi connectivity index (χ2v) is 6.29. The highest BCUT2D eigenvalue weighted by Gasteiger charge is 2.36. The summed E-state index contributed by atoms with van der Waals surface area (Å²) in [7, 11) is 0. The van der Waals surface area contributed by atoms with E-state index in [4.69, 9.17) is 0 Å². The van der Waals surface area contributed by atoms with Crippen LogP contribution in [0.4, 0.5) is 0 Å². The molecule has 1 heterocycles. The van der Waals surface area contributed by atoms with Gasteiger partial charge in [0.15, 0.2) is 0 Å². The summed E-state index contributed by atoms with van der Waals surface area (Å²) >= 11 is 0. The van der Waals surface area contributed by atoms with Crippen LogP contribution in [0.15, 0.2) is 30.3 Å². The molecule has 1 aromatic rings. The lowest BCUT2D eigenvalue weighted by molar-refractivity contribution is 0.220. The SMILES string of the molecule is CCC1CC[C@H]2CN(Cc3ccccc3)C[C@H]2C1. The molecule has 3 rings (SSSR count). The van der Waals surface area contributed by atoms with Gasteiger partial charge in [0.2, 0.25) is 0 Å². The second-order valence-electron chi connectivity index (χ2n) is 6.29. The Morgan fingerprint density at radius 2 is 1.83 bits per heavy atom. The van der Waals surface area contributed by atoms with Gasteiger partial charge in [0.1, 0.15) is 0 Å². The molecule has 0 bridgehead atoms. The fraction of sp³-hybridized carbons (Fsp3) is 0.647. The summed E-state index contributed by atoms with van der Waals surface area (Å²) in [6, 6.07) is 10.9. The van der Waals surface area contributed by atoms with Crippen LogP contribution in [0.25, 0.3) is 0 Å².